The monoisotopic (exact) mass is 402 g/mol. The molecule has 0 fully saturated rings. The molecule has 0 saturated heterocycles. The van der Waals surface area contributed by atoms with Gasteiger partial charge in [-0.05, 0) is 54.8 Å². The molecule has 0 radical (unpaired) electrons. The lowest BCUT2D eigenvalue weighted by molar-refractivity contribution is -0.144. The minimum Gasteiger partial charge on any atom is -0.466 e. The molecule has 154 valence electrons. The number of aryl methyl sites for hydroxylation is 1. The fraction of sp³-hybridized carbons (Fsp3) is 0.200. The van der Waals surface area contributed by atoms with E-state index in [1.807, 2.05) is 72.8 Å². The molecule has 0 atom stereocenters. The minimum absolute atomic E-state index is 0.0742. The van der Waals surface area contributed by atoms with Crippen molar-refractivity contribution < 1.29 is 14.3 Å². The van der Waals surface area contributed by atoms with Crippen molar-refractivity contribution in [2.75, 3.05) is 17.2 Å². The molecule has 0 bridgehead atoms. The van der Waals surface area contributed by atoms with E-state index in [1.165, 1.54) is 5.56 Å². The summed E-state index contributed by atoms with van der Waals surface area (Å²) in [6.45, 7) is 0.366. The molecular weight excluding hydrogens is 376 g/mol. The summed E-state index contributed by atoms with van der Waals surface area (Å²) < 4.78 is 5.21. The maximum Gasteiger partial charge on any atom is 0.306 e. The molecular formula is C25H26N2O3. The average molecular weight is 402 g/mol. The number of carbonyl (C=O) groups is 2. The Morgan fingerprint density at radius 1 is 0.700 bits per heavy atom. The van der Waals surface area contributed by atoms with Crippen LogP contribution in [0.2, 0.25) is 0 Å². The van der Waals surface area contributed by atoms with E-state index >= 15 is 0 Å². The maximum atomic E-state index is 12.1. The van der Waals surface area contributed by atoms with Gasteiger partial charge in [-0.25, -0.2) is 0 Å². The number of para-hydroxylation sites is 1. The van der Waals surface area contributed by atoms with Crippen molar-refractivity contribution in [1.29, 1.82) is 0 Å². The first-order valence-corrected chi connectivity index (χ1v) is 10.1. The molecule has 0 aliphatic carbocycles. The fourth-order valence-electron chi connectivity index (χ4n) is 2.94. The number of benzene rings is 3. The van der Waals surface area contributed by atoms with E-state index in [4.69, 9.17) is 4.74 Å². The summed E-state index contributed by atoms with van der Waals surface area (Å²) >= 11 is 0. The molecule has 0 spiro atoms. The number of amides is 1. The van der Waals surface area contributed by atoms with Gasteiger partial charge in [-0.2, -0.15) is 0 Å². The van der Waals surface area contributed by atoms with Crippen LogP contribution in [-0.2, 0) is 20.7 Å². The Kier molecular flexibility index (Phi) is 8.03. The van der Waals surface area contributed by atoms with Crippen LogP contribution in [0.3, 0.4) is 0 Å². The van der Waals surface area contributed by atoms with E-state index in [2.05, 4.69) is 22.8 Å². The molecule has 0 unspecified atom stereocenters. The van der Waals surface area contributed by atoms with Gasteiger partial charge in [0, 0.05) is 23.5 Å². The highest BCUT2D eigenvalue weighted by Crippen LogP contribution is 2.18. The lowest BCUT2D eigenvalue weighted by Crippen LogP contribution is -2.15. The van der Waals surface area contributed by atoms with Crippen molar-refractivity contribution in [3.05, 3.63) is 90.5 Å². The first kappa shape index (κ1) is 21.1. The van der Waals surface area contributed by atoms with Gasteiger partial charge in [-0.3, -0.25) is 9.59 Å². The molecule has 0 aromatic heterocycles. The molecule has 2 N–H and O–H groups in total. The molecule has 30 heavy (non-hydrogen) atoms. The molecule has 0 aliphatic rings. The third-order valence-electron chi connectivity index (χ3n) is 4.50. The lowest BCUT2D eigenvalue weighted by Gasteiger charge is -2.09. The second kappa shape index (κ2) is 11.4. The Labute approximate surface area is 177 Å². The molecule has 0 heterocycles. The van der Waals surface area contributed by atoms with E-state index in [9.17, 15) is 9.59 Å². The molecule has 5 heteroatoms. The zero-order valence-electron chi connectivity index (χ0n) is 16.8. The Balaban J connectivity index is 1.32. The highest BCUT2D eigenvalue weighted by Gasteiger charge is 2.08. The quantitative estimate of drug-likeness (QED) is 0.355. The van der Waals surface area contributed by atoms with Crippen molar-refractivity contribution in [2.45, 2.75) is 25.7 Å². The lowest BCUT2D eigenvalue weighted by atomic mass is 10.1. The molecule has 1 amide bonds. The first-order chi connectivity index (χ1) is 14.7. The molecule has 3 rings (SSSR count). The number of anilines is 3. The van der Waals surface area contributed by atoms with Crippen molar-refractivity contribution in [3.63, 3.8) is 0 Å². The van der Waals surface area contributed by atoms with Crippen LogP contribution in [0.5, 0.6) is 0 Å². The van der Waals surface area contributed by atoms with Gasteiger partial charge in [0.15, 0.2) is 0 Å². The highest BCUT2D eigenvalue weighted by molar-refractivity contribution is 5.92. The number of carbonyl (C=O) groups excluding carboxylic acids is 2. The number of rotatable bonds is 10. The second-order valence-electron chi connectivity index (χ2n) is 6.93. The van der Waals surface area contributed by atoms with Crippen LogP contribution >= 0.6 is 0 Å². The van der Waals surface area contributed by atoms with E-state index < -0.39 is 0 Å². The van der Waals surface area contributed by atoms with E-state index in [1.54, 1.807) is 0 Å². The Morgan fingerprint density at radius 3 is 2.00 bits per heavy atom. The van der Waals surface area contributed by atoms with Gasteiger partial charge in [-0.1, -0.05) is 48.5 Å². The van der Waals surface area contributed by atoms with Crippen LogP contribution in [-0.4, -0.2) is 18.5 Å². The predicted octanol–water partition coefficient (Wildman–Crippen LogP) is 5.32. The first-order valence-electron chi connectivity index (χ1n) is 10.1. The van der Waals surface area contributed by atoms with Crippen molar-refractivity contribution in [2.24, 2.45) is 0 Å². The topological polar surface area (TPSA) is 67.4 Å². The van der Waals surface area contributed by atoms with Crippen LogP contribution in [0.4, 0.5) is 17.1 Å². The molecule has 0 saturated carbocycles. The summed E-state index contributed by atoms with van der Waals surface area (Å²) in [5, 5.41) is 6.09. The highest BCUT2D eigenvalue weighted by atomic mass is 16.5. The average Bonchev–Trinajstić information content (AvgIpc) is 2.78. The third kappa shape index (κ3) is 7.43. The largest absolute Gasteiger partial charge is 0.466 e. The van der Waals surface area contributed by atoms with E-state index in [-0.39, 0.29) is 24.7 Å². The van der Waals surface area contributed by atoms with Gasteiger partial charge in [0.1, 0.15) is 0 Å². The van der Waals surface area contributed by atoms with Crippen LogP contribution < -0.4 is 10.6 Å². The van der Waals surface area contributed by atoms with Crippen molar-refractivity contribution >= 4 is 28.9 Å². The molecule has 0 aliphatic heterocycles. The number of nitrogens with one attached hydrogen (secondary N) is 2. The summed E-state index contributed by atoms with van der Waals surface area (Å²) in [6, 6.07) is 27.4. The predicted molar refractivity (Wildman–Crippen MR) is 120 cm³/mol. The molecule has 3 aromatic carbocycles. The number of ether oxygens (including phenoxy) is 1. The standard InChI is InChI=1S/C25H26N2O3/c28-24(17-18-25(29)30-19-7-10-20-8-3-1-4-9-20)27-23-15-13-22(14-16-23)26-21-11-5-2-6-12-21/h1-6,8-9,11-16,26H,7,10,17-19H2,(H,27,28). The Hall–Kier alpha value is -3.60. The van der Waals surface area contributed by atoms with Crippen LogP contribution in [0.25, 0.3) is 0 Å². The van der Waals surface area contributed by atoms with Gasteiger partial charge < -0.3 is 15.4 Å². The van der Waals surface area contributed by atoms with E-state index in [0.717, 1.165) is 24.2 Å². The summed E-state index contributed by atoms with van der Waals surface area (Å²) in [5.74, 6) is -0.555. The second-order valence-corrected chi connectivity index (χ2v) is 6.93. The smallest absolute Gasteiger partial charge is 0.306 e. The zero-order chi connectivity index (χ0) is 21.0. The Bertz CT molecular complexity index is 926. The minimum atomic E-state index is -0.347. The summed E-state index contributed by atoms with van der Waals surface area (Å²) in [7, 11) is 0. The molecule has 5 nitrogen and oxygen atoms in total. The zero-order valence-corrected chi connectivity index (χ0v) is 16.8. The van der Waals surface area contributed by atoms with Crippen LogP contribution in [0.15, 0.2) is 84.9 Å². The van der Waals surface area contributed by atoms with E-state index in [0.29, 0.717) is 12.3 Å². The van der Waals surface area contributed by atoms with Gasteiger partial charge in [0.05, 0.1) is 13.0 Å². The number of hydrogen-bond donors (Lipinski definition) is 2. The van der Waals surface area contributed by atoms with Crippen molar-refractivity contribution in [3.8, 4) is 0 Å². The van der Waals surface area contributed by atoms with Crippen LogP contribution in [0, 0.1) is 0 Å². The maximum absolute atomic E-state index is 12.1. The van der Waals surface area contributed by atoms with Gasteiger partial charge in [-0.15, -0.1) is 0 Å². The fourth-order valence-corrected chi connectivity index (χ4v) is 2.94. The van der Waals surface area contributed by atoms with Crippen LogP contribution in [0.1, 0.15) is 24.8 Å². The summed E-state index contributed by atoms with van der Waals surface area (Å²) in [4.78, 5) is 23.9. The molecule has 3 aromatic rings. The van der Waals surface area contributed by atoms with Gasteiger partial charge in [0.2, 0.25) is 5.91 Å². The SMILES string of the molecule is O=C(CCC(=O)OCCCc1ccccc1)Nc1ccc(Nc2ccccc2)cc1. The number of esters is 1. The van der Waals surface area contributed by atoms with Crippen molar-refractivity contribution in [1.82, 2.24) is 0 Å². The van der Waals surface area contributed by atoms with Gasteiger partial charge in [0.25, 0.3) is 0 Å². The Morgan fingerprint density at radius 2 is 1.30 bits per heavy atom. The summed E-state index contributed by atoms with van der Waals surface area (Å²) in [6.07, 6.45) is 1.81. The third-order valence-corrected chi connectivity index (χ3v) is 4.50. The normalized spacial score (nSPS) is 10.3. The van der Waals surface area contributed by atoms with Gasteiger partial charge >= 0.3 is 5.97 Å². The summed E-state index contributed by atoms with van der Waals surface area (Å²) in [5.41, 5.74) is 3.84. The number of hydrogen-bond acceptors (Lipinski definition) is 4.